The molecule has 0 amide bonds. The lowest BCUT2D eigenvalue weighted by Gasteiger charge is -2.20. The number of nitrogens with zero attached hydrogens (tertiary/aromatic N) is 2. The molecular weight excluding hydrogens is 321 g/mol. The van der Waals surface area contributed by atoms with Crippen LogP contribution in [0.5, 0.6) is 0 Å². The van der Waals surface area contributed by atoms with Crippen LogP contribution >= 0.6 is 11.8 Å². The molecule has 1 fully saturated rings. The number of nitrogens with two attached hydrogens (primary N) is 2. The molecule has 0 saturated heterocycles. The van der Waals surface area contributed by atoms with Crippen molar-refractivity contribution >= 4 is 29.1 Å². The summed E-state index contributed by atoms with van der Waals surface area (Å²) in [6.07, 6.45) is 0.451. The summed E-state index contributed by atoms with van der Waals surface area (Å²) in [4.78, 5) is 8.48. The van der Waals surface area contributed by atoms with Gasteiger partial charge in [-0.1, -0.05) is 18.7 Å². The summed E-state index contributed by atoms with van der Waals surface area (Å²) in [7, 11) is 0. The highest BCUT2D eigenvalue weighted by molar-refractivity contribution is 7.99. The summed E-state index contributed by atoms with van der Waals surface area (Å²) in [5, 5.41) is 12.3. The van der Waals surface area contributed by atoms with Crippen molar-refractivity contribution in [2.24, 2.45) is 0 Å². The highest BCUT2D eigenvalue weighted by Crippen LogP contribution is 2.32. The summed E-state index contributed by atoms with van der Waals surface area (Å²) in [5.74, 6) is 1.43. The Morgan fingerprint density at radius 1 is 1.39 bits per heavy atom. The molecule has 3 unspecified atom stereocenters. The van der Waals surface area contributed by atoms with E-state index in [2.05, 4.69) is 22.2 Å². The van der Waals surface area contributed by atoms with Crippen molar-refractivity contribution in [3.8, 4) is 0 Å². The van der Waals surface area contributed by atoms with Gasteiger partial charge in [0, 0.05) is 5.75 Å². The molecule has 1 aromatic rings. The number of nitrogens with one attached hydrogen (secondary N) is 1. The average molecular weight is 345 g/mol. The Labute approximate surface area is 139 Å². The van der Waals surface area contributed by atoms with E-state index in [0.717, 1.165) is 12.2 Å². The van der Waals surface area contributed by atoms with Gasteiger partial charge >= 0.3 is 0 Å². The number of hydrogen-bond donors (Lipinski definition) is 4. The summed E-state index contributed by atoms with van der Waals surface area (Å²) in [6, 6.07) is -0.445. The van der Waals surface area contributed by atoms with Crippen molar-refractivity contribution in [1.82, 2.24) is 9.97 Å². The molecule has 0 bridgehead atoms. The summed E-state index contributed by atoms with van der Waals surface area (Å²) < 4.78 is 19.7. The molecule has 1 aliphatic carbocycles. The fourth-order valence-corrected chi connectivity index (χ4v) is 3.17. The predicted molar refractivity (Wildman–Crippen MR) is 90.2 cm³/mol. The molecular formula is C14H24FN5O2S. The molecule has 1 aromatic heterocycles. The summed E-state index contributed by atoms with van der Waals surface area (Å²) in [6.45, 7) is 2.08. The van der Waals surface area contributed by atoms with Gasteiger partial charge in [0.05, 0.1) is 25.4 Å². The number of halogens is 1. The van der Waals surface area contributed by atoms with E-state index in [1.165, 1.54) is 11.8 Å². The Bertz CT molecular complexity index is 522. The minimum absolute atomic E-state index is 0.116. The Hall–Kier alpha value is -1.32. The zero-order valence-electron chi connectivity index (χ0n) is 13.2. The van der Waals surface area contributed by atoms with Crippen LogP contribution in [0.1, 0.15) is 26.2 Å². The SMILES string of the molecule is CCCSc1nc(N)c(N)c(NC2CCC(OCCO)C2F)n1. The van der Waals surface area contributed by atoms with E-state index in [1.54, 1.807) is 0 Å². The third-order valence-electron chi connectivity index (χ3n) is 3.64. The fraction of sp³-hybridized carbons (Fsp3) is 0.714. The second-order valence-electron chi connectivity index (χ2n) is 5.41. The topological polar surface area (TPSA) is 119 Å². The van der Waals surface area contributed by atoms with Gasteiger partial charge in [0.25, 0.3) is 0 Å². The van der Waals surface area contributed by atoms with E-state index >= 15 is 0 Å². The second-order valence-corrected chi connectivity index (χ2v) is 6.47. The van der Waals surface area contributed by atoms with Crippen LogP contribution in [0, 0.1) is 0 Å². The minimum atomic E-state index is -1.19. The molecule has 0 spiro atoms. The molecule has 2 rings (SSSR count). The average Bonchev–Trinajstić information content (AvgIpc) is 2.88. The Morgan fingerprint density at radius 2 is 2.17 bits per heavy atom. The van der Waals surface area contributed by atoms with Crippen molar-refractivity contribution in [3.05, 3.63) is 0 Å². The normalized spacial score (nSPS) is 24.0. The molecule has 9 heteroatoms. The lowest BCUT2D eigenvalue weighted by atomic mass is 10.2. The number of hydrogen-bond acceptors (Lipinski definition) is 8. The molecule has 7 nitrogen and oxygen atoms in total. The fourth-order valence-electron chi connectivity index (χ4n) is 2.46. The van der Waals surface area contributed by atoms with E-state index in [0.29, 0.717) is 23.8 Å². The summed E-state index contributed by atoms with van der Waals surface area (Å²) >= 11 is 1.48. The van der Waals surface area contributed by atoms with Gasteiger partial charge in [-0.15, -0.1) is 0 Å². The quantitative estimate of drug-likeness (QED) is 0.413. The molecule has 0 aliphatic heterocycles. The monoisotopic (exact) mass is 345 g/mol. The minimum Gasteiger partial charge on any atom is -0.394 e. The van der Waals surface area contributed by atoms with Gasteiger partial charge in [0.2, 0.25) is 0 Å². The first-order chi connectivity index (χ1) is 11.1. The van der Waals surface area contributed by atoms with Crippen LogP contribution in [0.3, 0.4) is 0 Å². The molecule has 1 aliphatic rings. The van der Waals surface area contributed by atoms with E-state index in [1.807, 2.05) is 0 Å². The van der Waals surface area contributed by atoms with Gasteiger partial charge in [0.15, 0.2) is 16.8 Å². The van der Waals surface area contributed by atoms with E-state index in [9.17, 15) is 4.39 Å². The molecule has 130 valence electrons. The van der Waals surface area contributed by atoms with Gasteiger partial charge in [-0.05, 0) is 19.3 Å². The lowest BCUT2D eigenvalue weighted by molar-refractivity contribution is -0.00370. The molecule has 6 N–H and O–H groups in total. The Kier molecular flexibility index (Phi) is 6.67. The van der Waals surface area contributed by atoms with Crippen molar-refractivity contribution in [2.75, 3.05) is 35.8 Å². The predicted octanol–water partition coefficient (Wildman–Crippen LogP) is 1.43. The molecule has 0 radical (unpaired) electrons. The van der Waals surface area contributed by atoms with Crippen LogP contribution in [0.25, 0.3) is 0 Å². The highest BCUT2D eigenvalue weighted by atomic mass is 32.2. The molecule has 1 heterocycles. The number of aliphatic hydroxyl groups excluding tert-OH is 1. The standard InChI is InChI=1S/C14H24FN5O2S/c1-2-7-23-14-19-12(17)11(16)13(20-14)18-8-3-4-9(10(8)15)22-6-5-21/h8-10,21H,2-7,16H2,1H3,(H3,17,18,19,20). The van der Waals surface area contributed by atoms with Crippen LogP contribution in [0.4, 0.5) is 21.7 Å². The van der Waals surface area contributed by atoms with E-state index < -0.39 is 18.3 Å². The number of aliphatic hydroxyl groups is 1. The third kappa shape index (κ3) is 4.58. The van der Waals surface area contributed by atoms with Gasteiger partial charge in [-0.3, -0.25) is 0 Å². The van der Waals surface area contributed by atoms with Crippen molar-refractivity contribution in [1.29, 1.82) is 0 Å². The van der Waals surface area contributed by atoms with Crippen LogP contribution in [-0.4, -0.2) is 52.4 Å². The number of aromatic nitrogens is 2. The van der Waals surface area contributed by atoms with E-state index in [4.69, 9.17) is 21.3 Å². The Morgan fingerprint density at radius 3 is 2.87 bits per heavy atom. The first-order valence-electron chi connectivity index (χ1n) is 7.75. The second kappa shape index (κ2) is 8.51. The smallest absolute Gasteiger partial charge is 0.191 e. The zero-order chi connectivity index (χ0) is 16.8. The van der Waals surface area contributed by atoms with Gasteiger partial charge < -0.3 is 26.6 Å². The van der Waals surface area contributed by atoms with Crippen LogP contribution < -0.4 is 16.8 Å². The van der Waals surface area contributed by atoms with Crippen LogP contribution in [-0.2, 0) is 4.74 Å². The number of nitrogen functional groups attached to an aromatic ring is 2. The van der Waals surface area contributed by atoms with Crippen molar-refractivity contribution in [3.63, 3.8) is 0 Å². The molecule has 23 heavy (non-hydrogen) atoms. The maximum absolute atomic E-state index is 14.4. The van der Waals surface area contributed by atoms with E-state index in [-0.39, 0.29) is 24.7 Å². The van der Waals surface area contributed by atoms with Gasteiger partial charge in [-0.2, -0.15) is 0 Å². The van der Waals surface area contributed by atoms with Crippen LogP contribution in [0.15, 0.2) is 5.16 Å². The summed E-state index contributed by atoms with van der Waals surface area (Å²) in [5.41, 5.74) is 12.0. The van der Waals surface area contributed by atoms with Gasteiger partial charge in [-0.25, -0.2) is 14.4 Å². The number of alkyl halides is 1. The number of ether oxygens (including phenoxy) is 1. The zero-order valence-corrected chi connectivity index (χ0v) is 14.0. The third-order valence-corrected chi connectivity index (χ3v) is 4.69. The first-order valence-corrected chi connectivity index (χ1v) is 8.74. The maximum Gasteiger partial charge on any atom is 0.191 e. The number of anilines is 3. The Balaban J connectivity index is 2.06. The number of rotatable bonds is 8. The van der Waals surface area contributed by atoms with Crippen molar-refractivity contribution in [2.45, 2.75) is 49.7 Å². The highest BCUT2D eigenvalue weighted by Gasteiger charge is 2.37. The van der Waals surface area contributed by atoms with Crippen LogP contribution in [0.2, 0.25) is 0 Å². The molecule has 3 atom stereocenters. The largest absolute Gasteiger partial charge is 0.394 e. The maximum atomic E-state index is 14.4. The lowest BCUT2D eigenvalue weighted by Crippen LogP contribution is -2.33. The molecule has 0 aromatic carbocycles. The molecule has 1 saturated carbocycles. The van der Waals surface area contributed by atoms with Crippen molar-refractivity contribution < 1.29 is 14.2 Å². The first kappa shape index (κ1) is 18.0. The number of thioether (sulfide) groups is 1. The van der Waals surface area contributed by atoms with Gasteiger partial charge in [0.1, 0.15) is 11.9 Å².